The normalized spacial score (nSPS) is 19.7. The van der Waals surface area contributed by atoms with Crippen molar-refractivity contribution in [3.8, 4) is 5.75 Å². The molecule has 0 bridgehead atoms. The zero-order valence-corrected chi connectivity index (χ0v) is 9.40. The second-order valence-electron chi connectivity index (χ2n) is 3.41. The molecule has 80 valence electrons. The van der Waals surface area contributed by atoms with Gasteiger partial charge in [-0.25, -0.2) is 8.78 Å². The molecule has 2 nitrogen and oxygen atoms in total. The van der Waals surface area contributed by atoms with E-state index in [1.54, 1.807) is 6.92 Å². The third-order valence-electron chi connectivity index (χ3n) is 2.20. The fourth-order valence-electron chi connectivity index (χ4n) is 1.55. The van der Waals surface area contributed by atoms with Gasteiger partial charge in [0.25, 0.3) is 0 Å². The molecule has 0 unspecified atom stereocenters. The van der Waals surface area contributed by atoms with E-state index in [4.69, 9.17) is 4.74 Å². The Morgan fingerprint density at radius 3 is 2.87 bits per heavy atom. The molecular weight excluding hydrogens is 270 g/mol. The van der Waals surface area contributed by atoms with E-state index in [0.717, 1.165) is 6.07 Å². The first-order valence-corrected chi connectivity index (χ1v) is 5.17. The van der Waals surface area contributed by atoms with E-state index < -0.39 is 17.4 Å². The number of ether oxygens (including phenoxy) is 1. The number of Topliss-reactive ketones (excluding diaryl/α,β-unsaturated/α-hetero) is 1. The summed E-state index contributed by atoms with van der Waals surface area (Å²) in [5.74, 6) is -2.52. The molecule has 1 atom stereocenters. The molecule has 0 aromatic heterocycles. The van der Waals surface area contributed by atoms with Crippen LogP contribution in [-0.4, -0.2) is 11.9 Å². The quantitative estimate of drug-likeness (QED) is 0.681. The van der Waals surface area contributed by atoms with Crippen molar-refractivity contribution in [3.63, 3.8) is 0 Å². The second-order valence-corrected chi connectivity index (χ2v) is 4.27. The van der Waals surface area contributed by atoms with Crippen LogP contribution >= 0.6 is 15.9 Å². The molecule has 2 rings (SSSR count). The Kier molecular flexibility index (Phi) is 2.50. The van der Waals surface area contributed by atoms with Crippen molar-refractivity contribution < 1.29 is 18.3 Å². The van der Waals surface area contributed by atoms with Gasteiger partial charge in [-0.1, -0.05) is 0 Å². The van der Waals surface area contributed by atoms with Gasteiger partial charge < -0.3 is 4.74 Å². The van der Waals surface area contributed by atoms with Crippen molar-refractivity contribution in [1.82, 2.24) is 0 Å². The van der Waals surface area contributed by atoms with Crippen molar-refractivity contribution in [2.24, 2.45) is 0 Å². The van der Waals surface area contributed by atoms with Gasteiger partial charge in [0.15, 0.2) is 17.4 Å². The molecule has 0 spiro atoms. The summed E-state index contributed by atoms with van der Waals surface area (Å²) in [4.78, 5) is 11.5. The lowest BCUT2D eigenvalue weighted by atomic mass is 10.0. The first-order valence-electron chi connectivity index (χ1n) is 4.38. The van der Waals surface area contributed by atoms with Crippen LogP contribution in [0.3, 0.4) is 0 Å². The van der Waals surface area contributed by atoms with Crippen LogP contribution in [0.2, 0.25) is 0 Å². The maximum absolute atomic E-state index is 13.3. The van der Waals surface area contributed by atoms with E-state index in [0.29, 0.717) is 0 Å². The highest BCUT2D eigenvalue weighted by Crippen LogP contribution is 2.37. The van der Waals surface area contributed by atoms with Gasteiger partial charge in [0, 0.05) is 6.42 Å². The van der Waals surface area contributed by atoms with Gasteiger partial charge in [-0.05, 0) is 28.9 Å². The predicted molar refractivity (Wildman–Crippen MR) is 53.1 cm³/mol. The lowest BCUT2D eigenvalue weighted by Gasteiger charge is -2.23. The van der Waals surface area contributed by atoms with Gasteiger partial charge in [0.05, 0.1) is 10.0 Å². The molecule has 0 saturated carbocycles. The Labute approximate surface area is 93.4 Å². The molecule has 1 aromatic rings. The molecule has 0 amide bonds. The molecule has 1 aliphatic heterocycles. The van der Waals surface area contributed by atoms with Crippen LogP contribution in [0.1, 0.15) is 23.7 Å². The number of hydrogen-bond donors (Lipinski definition) is 0. The molecule has 0 N–H and O–H groups in total. The van der Waals surface area contributed by atoms with Gasteiger partial charge in [-0.2, -0.15) is 0 Å². The number of benzene rings is 1. The number of fused-ring (bicyclic) bond motifs is 1. The molecule has 1 aromatic carbocycles. The summed E-state index contributed by atoms with van der Waals surface area (Å²) in [5.41, 5.74) is -0.292. The van der Waals surface area contributed by atoms with Crippen molar-refractivity contribution in [2.45, 2.75) is 19.4 Å². The minimum absolute atomic E-state index is 0.0693. The zero-order valence-electron chi connectivity index (χ0n) is 7.81. The van der Waals surface area contributed by atoms with E-state index >= 15 is 0 Å². The Morgan fingerprint density at radius 2 is 2.20 bits per heavy atom. The minimum atomic E-state index is -1.13. The van der Waals surface area contributed by atoms with Crippen LogP contribution in [0.5, 0.6) is 5.75 Å². The van der Waals surface area contributed by atoms with Gasteiger partial charge in [-0.3, -0.25) is 4.79 Å². The summed E-state index contributed by atoms with van der Waals surface area (Å²) in [6, 6.07) is 0.958. The first-order chi connectivity index (χ1) is 7.00. The van der Waals surface area contributed by atoms with Gasteiger partial charge >= 0.3 is 0 Å². The highest BCUT2D eigenvalue weighted by atomic mass is 79.9. The standard InChI is InChI=1S/C10H7BrF2O2/c1-4-2-7(14)8-9(13)6(12)3-5(11)10(8)15-4/h3-4H,2H2,1H3/t4-/m0/s1. The summed E-state index contributed by atoms with van der Waals surface area (Å²) in [6.45, 7) is 1.70. The lowest BCUT2D eigenvalue weighted by molar-refractivity contribution is 0.0860. The van der Waals surface area contributed by atoms with Crippen molar-refractivity contribution >= 4 is 21.7 Å². The molecule has 15 heavy (non-hydrogen) atoms. The van der Waals surface area contributed by atoms with Crippen LogP contribution in [0, 0.1) is 11.6 Å². The fraction of sp³-hybridized carbons (Fsp3) is 0.300. The first kappa shape index (κ1) is 10.5. The van der Waals surface area contributed by atoms with Gasteiger partial charge in [0.2, 0.25) is 0 Å². The van der Waals surface area contributed by atoms with E-state index in [-0.39, 0.29) is 28.3 Å². The number of carbonyl (C=O) groups excluding carboxylic acids is 1. The Bertz CT molecular complexity index is 446. The lowest BCUT2D eigenvalue weighted by Crippen LogP contribution is -2.25. The summed E-state index contributed by atoms with van der Waals surface area (Å²) < 4.78 is 31.9. The number of carbonyl (C=O) groups is 1. The van der Waals surface area contributed by atoms with E-state index in [1.807, 2.05) is 0 Å². The largest absolute Gasteiger partial charge is 0.488 e. The SMILES string of the molecule is C[C@H]1CC(=O)c2c(F)c(F)cc(Br)c2O1. The Balaban J connectivity index is 2.69. The average Bonchev–Trinajstić information content (AvgIpc) is 2.13. The summed E-state index contributed by atoms with van der Waals surface area (Å²) in [5, 5.41) is 0. The summed E-state index contributed by atoms with van der Waals surface area (Å²) >= 11 is 3.04. The van der Waals surface area contributed by atoms with E-state index in [2.05, 4.69) is 15.9 Å². The third kappa shape index (κ3) is 1.65. The predicted octanol–water partition coefficient (Wildman–Crippen LogP) is 3.08. The molecule has 0 saturated heterocycles. The van der Waals surface area contributed by atoms with Crippen LogP contribution < -0.4 is 4.74 Å². The topological polar surface area (TPSA) is 26.3 Å². The highest BCUT2D eigenvalue weighted by Gasteiger charge is 2.30. The fourth-order valence-corrected chi connectivity index (χ4v) is 2.04. The third-order valence-corrected chi connectivity index (χ3v) is 2.79. The number of hydrogen-bond acceptors (Lipinski definition) is 2. The molecule has 1 heterocycles. The number of halogens is 3. The van der Waals surface area contributed by atoms with Crippen LogP contribution in [0.4, 0.5) is 8.78 Å². The van der Waals surface area contributed by atoms with Crippen LogP contribution in [-0.2, 0) is 0 Å². The van der Waals surface area contributed by atoms with Crippen molar-refractivity contribution in [2.75, 3.05) is 0 Å². The van der Waals surface area contributed by atoms with Crippen molar-refractivity contribution in [1.29, 1.82) is 0 Å². The number of rotatable bonds is 0. The van der Waals surface area contributed by atoms with Crippen LogP contribution in [0.15, 0.2) is 10.5 Å². The summed E-state index contributed by atoms with van der Waals surface area (Å²) in [6.07, 6.45) is -0.244. The van der Waals surface area contributed by atoms with Gasteiger partial charge in [0.1, 0.15) is 11.9 Å². The smallest absolute Gasteiger partial charge is 0.173 e. The average molecular weight is 277 g/mol. The zero-order chi connectivity index (χ0) is 11.2. The molecule has 1 aliphatic rings. The highest BCUT2D eigenvalue weighted by molar-refractivity contribution is 9.10. The molecule has 0 radical (unpaired) electrons. The second kappa shape index (κ2) is 3.56. The maximum atomic E-state index is 13.3. The van der Waals surface area contributed by atoms with E-state index in [1.165, 1.54) is 0 Å². The molecular formula is C10H7BrF2O2. The van der Waals surface area contributed by atoms with E-state index in [9.17, 15) is 13.6 Å². The Hall–Kier alpha value is -0.970. The Morgan fingerprint density at radius 1 is 1.53 bits per heavy atom. The summed E-state index contributed by atoms with van der Waals surface area (Å²) in [7, 11) is 0. The molecule has 0 aliphatic carbocycles. The number of ketones is 1. The maximum Gasteiger partial charge on any atom is 0.173 e. The van der Waals surface area contributed by atoms with Crippen molar-refractivity contribution in [3.05, 3.63) is 27.7 Å². The molecule has 0 fully saturated rings. The van der Waals surface area contributed by atoms with Crippen LogP contribution in [0.25, 0.3) is 0 Å². The monoisotopic (exact) mass is 276 g/mol. The molecule has 5 heteroatoms. The van der Waals surface area contributed by atoms with Gasteiger partial charge in [-0.15, -0.1) is 0 Å². The minimum Gasteiger partial charge on any atom is -0.488 e.